The van der Waals surface area contributed by atoms with E-state index in [4.69, 9.17) is 4.99 Å². The number of aliphatic imine (C=N–C) groups is 1. The molecule has 88 valence electrons. The number of fused-ring (bicyclic) bond motifs is 5. The lowest BCUT2D eigenvalue weighted by Gasteiger charge is -2.12. The lowest BCUT2D eigenvalue weighted by atomic mass is 10.0. The van der Waals surface area contributed by atoms with Crippen LogP contribution in [0.1, 0.15) is 44.9 Å². The first-order valence-corrected chi connectivity index (χ1v) is 7.23. The minimum absolute atomic E-state index is 0.836. The Morgan fingerprint density at radius 3 is 2.62 bits per heavy atom. The largest absolute Gasteiger partial charge is 0.371 e. The van der Waals surface area contributed by atoms with E-state index in [9.17, 15) is 0 Å². The molecule has 2 bridgehead atoms. The van der Waals surface area contributed by atoms with E-state index >= 15 is 0 Å². The number of hydrogen-bond donors (Lipinski definition) is 1. The zero-order valence-corrected chi connectivity index (χ0v) is 9.99. The van der Waals surface area contributed by atoms with Crippen LogP contribution in [0, 0.1) is 23.7 Å². The number of amidine groups is 1. The Labute approximate surface area is 97.9 Å². The summed E-state index contributed by atoms with van der Waals surface area (Å²) in [6.07, 6.45) is 9.84. The van der Waals surface area contributed by atoms with Gasteiger partial charge >= 0.3 is 0 Å². The molecule has 3 aliphatic carbocycles. The van der Waals surface area contributed by atoms with Crippen molar-refractivity contribution in [3.63, 3.8) is 0 Å². The van der Waals surface area contributed by atoms with Gasteiger partial charge in [-0.25, -0.2) is 0 Å². The van der Waals surface area contributed by atoms with E-state index in [1.807, 2.05) is 0 Å². The maximum atomic E-state index is 4.71. The summed E-state index contributed by atoms with van der Waals surface area (Å²) in [6, 6.07) is 0.836. The highest BCUT2D eigenvalue weighted by Gasteiger charge is 2.65. The van der Waals surface area contributed by atoms with Crippen LogP contribution < -0.4 is 5.32 Å². The number of nitrogens with zero attached hydrogens (tertiary/aromatic N) is 1. The summed E-state index contributed by atoms with van der Waals surface area (Å²) in [6.45, 7) is 1.07. The normalized spacial score (nSPS) is 49.5. The molecule has 4 aliphatic rings. The molecule has 0 radical (unpaired) electrons. The van der Waals surface area contributed by atoms with Gasteiger partial charge in [0.1, 0.15) is 0 Å². The van der Waals surface area contributed by atoms with Gasteiger partial charge in [-0.1, -0.05) is 6.42 Å². The summed E-state index contributed by atoms with van der Waals surface area (Å²) in [5.74, 6) is 5.60. The topological polar surface area (TPSA) is 24.4 Å². The standard InChI is InChI=1S/C14H22N2/c1-2-4-11(15-7-3-1)16-14-12-9-5-6-10(8-9)13(12)14/h9-10,12-14H,1-8H2,(H,15,16). The van der Waals surface area contributed by atoms with Crippen molar-refractivity contribution >= 4 is 5.84 Å². The molecule has 0 spiro atoms. The van der Waals surface area contributed by atoms with Crippen molar-refractivity contribution in [1.29, 1.82) is 0 Å². The average molecular weight is 218 g/mol. The van der Waals surface area contributed by atoms with Gasteiger partial charge < -0.3 is 5.32 Å². The van der Waals surface area contributed by atoms with Gasteiger partial charge in [0.15, 0.2) is 0 Å². The molecule has 0 aromatic carbocycles. The highest BCUT2D eigenvalue weighted by atomic mass is 15.1. The maximum Gasteiger partial charge on any atom is 0.0965 e. The molecule has 3 saturated carbocycles. The highest BCUT2D eigenvalue weighted by molar-refractivity contribution is 5.83. The highest BCUT2D eigenvalue weighted by Crippen LogP contribution is 2.65. The lowest BCUT2D eigenvalue weighted by Crippen LogP contribution is -2.29. The molecular weight excluding hydrogens is 196 g/mol. The fourth-order valence-corrected chi connectivity index (χ4v) is 4.70. The Morgan fingerprint density at radius 1 is 1.00 bits per heavy atom. The summed E-state index contributed by atoms with van der Waals surface area (Å²) in [5.41, 5.74) is 0. The zero-order valence-electron chi connectivity index (χ0n) is 9.99. The SMILES string of the molecule is C1CCN=C(NC2C3C4CCC(C4)C23)CC1. The van der Waals surface area contributed by atoms with Crippen molar-refractivity contribution in [2.75, 3.05) is 6.54 Å². The third kappa shape index (κ3) is 1.34. The Hall–Kier alpha value is -0.530. The van der Waals surface area contributed by atoms with Gasteiger partial charge in [-0.3, -0.25) is 4.99 Å². The zero-order chi connectivity index (χ0) is 10.5. The van der Waals surface area contributed by atoms with E-state index in [2.05, 4.69) is 5.32 Å². The molecule has 2 heteroatoms. The van der Waals surface area contributed by atoms with E-state index in [-0.39, 0.29) is 0 Å². The smallest absolute Gasteiger partial charge is 0.0965 e. The summed E-state index contributed by atoms with van der Waals surface area (Å²) in [4.78, 5) is 4.71. The second kappa shape index (κ2) is 3.48. The molecule has 1 aliphatic heterocycles. The van der Waals surface area contributed by atoms with Gasteiger partial charge in [0, 0.05) is 19.0 Å². The summed E-state index contributed by atoms with van der Waals surface area (Å²) in [5, 5.41) is 3.79. The third-order valence-corrected chi connectivity index (χ3v) is 5.44. The van der Waals surface area contributed by atoms with Crippen LogP contribution >= 0.6 is 0 Å². The summed E-state index contributed by atoms with van der Waals surface area (Å²) < 4.78 is 0. The molecule has 4 atom stereocenters. The van der Waals surface area contributed by atoms with Gasteiger partial charge in [-0.05, 0) is 55.8 Å². The summed E-state index contributed by atoms with van der Waals surface area (Å²) in [7, 11) is 0. The number of rotatable bonds is 1. The van der Waals surface area contributed by atoms with Gasteiger partial charge in [-0.15, -0.1) is 0 Å². The first-order valence-electron chi connectivity index (χ1n) is 7.23. The molecule has 4 rings (SSSR count). The number of hydrogen-bond acceptors (Lipinski definition) is 2. The maximum absolute atomic E-state index is 4.71. The minimum Gasteiger partial charge on any atom is -0.371 e. The van der Waals surface area contributed by atoms with Crippen LogP contribution in [0.25, 0.3) is 0 Å². The number of nitrogens with one attached hydrogen (secondary N) is 1. The van der Waals surface area contributed by atoms with Crippen LogP contribution in [0.2, 0.25) is 0 Å². The van der Waals surface area contributed by atoms with E-state index in [0.29, 0.717) is 0 Å². The van der Waals surface area contributed by atoms with Gasteiger partial charge in [0.2, 0.25) is 0 Å². The van der Waals surface area contributed by atoms with Crippen LogP contribution in [-0.4, -0.2) is 18.4 Å². The summed E-state index contributed by atoms with van der Waals surface area (Å²) >= 11 is 0. The van der Waals surface area contributed by atoms with Crippen molar-refractivity contribution in [3.8, 4) is 0 Å². The first-order chi connectivity index (χ1) is 7.93. The van der Waals surface area contributed by atoms with E-state index < -0.39 is 0 Å². The molecule has 0 aromatic rings. The van der Waals surface area contributed by atoms with Gasteiger partial charge in [-0.2, -0.15) is 0 Å². The van der Waals surface area contributed by atoms with E-state index in [0.717, 1.165) is 36.3 Å². The van der Waals surface area contributed by atoms with Crippen LogP contribution in [-0.2, 0) is 0 Å². The molecule has 1 N–H and O–H groups in total. The van der Waals surface area contributed by atoms with Gasteiger partial charge in [0.05, 0.1) is 5.84 Å². The van der Waals surface area contributed by atoms with Crippen LogP contribution in [0.5, 0.6) is 0 Å². The van der Waals surface area contributed by atoms with Crippen molar-refractivity contribution in [2.45, 2.75) is 51.0 Å². The van der Waals surface area contributed by atoms with Crippen LogP contribution in [0.15, 0.2) is 4.99 Å². The Morgan fingerprint density at radius 2 is 1.81 bits per heavy atom. The van der Waals surface area contributed by atoms with Crippen molar-refractivity contribution in [1.82, 2.24) is 5.32 Å². The van der Waals surface area contributed by atoms with Crippen LogP contribution in [0.3, 0.4) is 0 Å². The quantitative estimate of drug-likeness (QED) is 0.719. The molecule has 3 fully saturated rings. The molecule has 16 heavy (non-hydrogen) atoms. The fourth-order valence-electron chi connectivity index (χ4n) is 4.70. The molecule has 1 heterocycles. The van der Waals surface area contributed by atoms with E-state index in [1.54, 1.807) is 6.42 Å². The van der Waals surface area contributed by atoms with E-state index in [1.165, 1.54) is 44.4 Å². The fraction of sp³-hybridized carbons (Fsp3) is 0.929. The molecule has 4 unspecified atom stereocenters. The van der Waals surface area contributed by atoms with Crippen molar-refractivity contribution in [2.24, 2.45) is 28.7 Å². The third-order valence-electron chi connectivity index (χ3n) is 5.44. The molecule has 2 nitrogen and oxygen atoms in total. The van der Waals surface area contributed by atoms with Gasteiger partial charge in [0.25, 0.3) is 0 Å². The monoisotopic (exact) mass is 218 g/mol. The second-order valence-electron chi connectivity index (χ2n) is 6.30. The second-order valence-corrected chi connectivity index (χ2v) is 6.30. The van der Waals surface area contributed by atoms with Crippen molar-refractivity contribution in [3.05, 3.63) is 0 Å². The Kier molecular flexibility index (Phi) is 2.06. The molecule has 0 aromatic heterocycles. The molecular formula is C14H22N2. The Bertz CT molecular complexity index is 307. The lowest BCUT2D eigenvalue weighted by molar-refractivity contribution is 0.456. The average Bonchev–Trinajstić information content (AvgIpc) is 2.79. The van der Waals surface area contributed by atoms with Crippen LogP contribution in [0.4, 0.5) is 0 Å². The minimum atomic E-state index is 0.836. The molecule has 0 saturated heterocycles. The Balaban J connectivity index is 1.41. The predicted molar refractivity (Wildman–Crippen MR) is 65.5 cm³/mol. The first kappa shape index (κ1) is 9.49. The van der Waals surface area contributed by atoms with Crippen molar-refractivity contribution < 1.29 is 0 Å². The predicted octanol–water partition coefficient (Wildman–Crippen LogP) is 2.59. The molecule has 0 amide bonds.